The van der Waals surface area contributed by atoms with E-state index in [0.717, 1.165) is 5.75 Å². The van der Waals surface area contributed by atoms with Gasteiger partial charge in [-0.2, -0.15) is 0 Å². The number of benzene rings is 1. The van der Waals surface area contributed by atoms with Crippen molar-refractivity contribution in [1.82, 2.24) is 0 Å². The van der Waals surface area contributed by atoms with Crippen molar-refractivity contribution in [2.75, 3.05) is 20.3 Å². The van der Waals surface area contributed by atoms with Gasteiger partial charge in [-0.15, -0.1) is 0 Å². The number of carbonyl (C=O) groups is 1. The zero-order chi connectivity index (χ0) is 18.6. The molecular formula is C19H22O5. The van der Waals surface area contributed by atoms with Gasteiger partial charge in [-0.05, 0) is 31.2 Å². The standard InChI is InChI=1S/C19H22O5/c1-18(15(24-18)9-11-22-13-6-4-3-5-7-13)17-16(21-2)14(20)8-10-19(17)12-23-19/h3-8,10,15-17H,9,11-12H2,1-2H3/t15-,16-,17-,18-,19+/m1/s1/i8D,16D. The van der Waals surface area contributed by atoms with Crippen LogP contribution in [0.5, 0.6) is 5.75 Å². The van der Waals surface area contributed by atoms with Crippen LogP contribution in [0.1, 0.15) is 16.1 Å². The minimum atomic E-state index is -1.88. The zero-order valence-corrected chi connectivity index (χ0v) is 13.8. The van der Waals surface area contributed by atoms with Gasteiger partial charge in [0.2, 0.25) is 0 Å². The van der Waals surface area contributed by atoms with Crippen LogP contribution in [0, 0.1) is 5.92 Å². The second-order valence-corrected chi connectivity index (χ2v) is 6.60. The van der Waals surface area contributed by atoms with Crippen molar-refractivity contribution >= 4 is 5.78 Å². The molecule has 1 spiro atoms. The molecule has 2 fully saturated rings. The van der Waals surface area contributed by atoms with Gasteiger partial charge in [-0.3, -0.25) is 4.79 Å². The highest BCUT2D eigenvalue weighted by Crippen LogP contribution is 2.56. The molecule has 2 heterocycles. The Hall–Kier alpha value is -1.69. The average Bonchev–Trinajstić information content (AvgIpc) is 3.53. The lowest BCUT2D eigenvalue weighted by Crippen LogP contribution is -2.50. The van der Waals surface area contributed by atoms with Crippen LogP contribution in [0.3, 0.4) is 0 Å². The molecule has 4 rings (SSSR count). The molecule has 0 amide bonds. The van der Waals surface area contributed by atoms with Gasteiger partial charge in [0.15, 0.2) is 5.78 Å². The van der Waals surface area contributed by atoms with Crippen LogP contribution in [-0.4, -0.2) is 49.5 Å². The number of ketones is 1. The molecule has 2 aliphatic heterocycles. The highest BCUT2D eigenvalue weighted by atomic mass is 16.6. The molecule has 0 unspecified atom stereocenters. The quantitative estimate of drug-likeness (QED) is 0.747. The smallest absolute Gasteiger partial charge is 0.184 e. The van der Waals surface area contributed by atoms with Gasteiger partial charge in [0, 0.05) is 13.5 Å². The lowest BCUT2D eigenvalue weighted by molar-refractivity contribution is -0.132. The van der Waals surface area contributed by atoms with Gasteiger partial charge in [0.25, 0.3) is 0 Å². The molecule has 0 N–H and O–H groups in total. The van der Waals surface area contributed by atoms with Crippen LogP contribution in [0.15, 0.2) is 42.5 Å². The number of rotatable bonds is 6. The summed E-state index contributed by atoms with van der Waals surface area (Å²) >= 11 is 0. The second kappa shape index (κ2) is 5.69. The largest absolute Gasteiger partial charge is 0.493 e. The van der Waals surface area contributed by atoms with Gasteiger partial charge in [0.1, 0.15) is 23.0 Å². The van der Waals surface area contributed by atoms with Gasteiger partial charge in [-0.25, -0.2) is 0 Å². The minimum Gasteiger partial charge on any atom is -0.493 e. The first-order chi connectivity index (χ1) is 12.4. The third kappa shape index (κ3) is 2.57. The van der Waals surface area contributed by atoms with Crippen molar-refractivity contribution in [2.24, 2.45) is 5.92 Å². The SMILES string of the molecule is [2H]C1=C[C@]2(CO2)[C@@H]([C@]2(C)O[C@@H]2CCOc2ccccc2)[C@]([2H])(OC)C1=O. The van der Waals surface area contributed by atoms with Crippen LogP contribution in [0.2, 0.25) is 0 Å². The molecule has 0 aromatic heterocycles. The first-order valence-corrected chi connectivity index (χ1v) is 8.15. The highest BCUT2D eigenvalue weighted by Gasteiger charge is 2.71. The zero-order valence-electron chi connectivity index (χ0n) is 15.8. The van der Waals surface area contributed by atoms with E-state index in [1.165, 1.54) is 13.2 Å². The third-order valence-electron chi connectivity index (χ3n) is 5.06. The van der Waals surface area contributed by atoms with E-state index < -0.39 is 29.0 Å². The summed E-state index contributed by atoms with van der Waals surface area (Å²) in [6, 6.07) is 9.29. The van der Waals surface area contributed by atoms with Crippen LogP contribution in [0.25, 0.3) is 0 Å². The molecule has 1 aliphatic carbocycles. The molecule has 5 heteroatoms. The molecule has 3 aliphatic rings. The summed E-state index contributed by atoms with van der Waals surface area (Å²) in [6.45, 7) is 2.71. The fourth-order valence-corrected chi connectivity index (χ4v) is 3.66. The molecule has 0 bridgehead atoms. The minimum absolute atomic E-state index is 0.161. The van der Waals surface area contributed by atoms with Gasteiger partial charge in [0.05, 0.1) is 28.0 Å². The Bertz CT molecular complexity index is 748. The van der Waals surface area contributed by atoms with Crippen LogP contribution < -0.4 is 4.74 Å². The number of hydrogen-bond donors (Lipinski definition) is 0. The van der Waals surface area contributed by atoms with E-state index in [4.69, 9.17) is 21.7 Å². The normalized spacial score (nSPS) is 44.6. The number of ether oxygens (including phenoxy) is 4. The lowest BCUT2D eigenvalue weighted by Gasteiger charge is -2.34. The topological polar surface area (TPSA) is 60.6 Å². The maximum absolute atomic E-state index is 12.5. The molecular weight excluding hydrogens is 308 g/mol. The summed E-state index contributed by atoms with van der Waals surface area (Å²) < 4.78 is 39.1. The van der Waals surface area contributed by atoms with E-state index in [-0.39, 0.29) is 12.2 Å². The maximum Gasteiger partial charge on any atom is 0.184 e. The predicted octanol–water partition coefficient (Wildman–Crippen LogP) is 2.15. The number of hydrogen-bond acceptors (Lipinski definition) is 5. The van der Waals surface area contributed by atoms with Gasteiger partial charge < -0.3 is 18.9 Å². The van der Waals surface area contributed by atoms with Crippen molar-refractivity contribution in [2.45, 2.75) is 36.7 Å². The van der Waals surface area contributed by atoms with Crippen LogP contribution in [0.4, 0.5) is 0 Å². The van der Waals surface area contributed by atoms with E-state index in [1.807, 2.05) is 37.3 Å². The van der Waals surface area contributed by atoms with E-state index in [1.54, 1.807) is 0 Å². The Morgan fingerprint density at radius 3 is 2.83 bits per heavy atom. The summed E-state index contributed by atoms with van der Waals surface area (Å²) in [5, 5.41) is 0. The molecule has 0 saturated carbocycles. The Morgan fingerprint density at radius 2 is 2.17 bits per heavy atom. The number of methoxy groups -OCH3 is 1. The first-order valence-electron chi connectivity index (χ1n) is 9.15. The van der Waals surface area contributed by atoms with Crippen LogP contribution >= 0.6 is 0 Å². The molecule has 128 valence electrons. The van der Waals surface area contributed by atoms with Crippen molar-refractivity contribution in [3.63, 3.8) is 0 Å². The Balaban J connectivity index is 1.49. The molecule has 5 atom stereocenters. The molecule has 1 aromatic rings. The van der Waals surface area contributed by atoms with Crippen molar-refractivity contribution in [3.05, 3.63) is 42.5 Å². The highest BCUT2D eigenvalue weighted by molar-refractivity contribution is 5.95. The van der Waals surface area contributed by atoms with E-state index in [9.17, 15) is 4.79 Å². The van der Waals surface area contributed by atoms with Crippen LogP contribution in [-0.2, 0) is 19.0 Å². The summed E-state index contributed by atoms with van der Waals surface area (Å²) in [5.74, 6) is -0.490. The van der Waals surface area contributed by atoms with Crippen molar-refractivity contribution < 1.29 is 26.5 Å². The Kier molecular flexibility index (Phi) is 3.22. The Morgan fingerprint density at radius 1 is 1.42 bits per heavy atom. The molecule has 24 heavy (non-hydrogen) atoms. The number of carbonyl (C=O) groups excluding carboxylic acids is 1. The van der Waals surface area contributed by atoms with Gasteiger partial charge in [-0.1, -0.05) is 18.2 Å². The number of para-hydroxylation sites is 1. The summed E-state index contributed by atoms with van der Waals surface area (Å²) in [4.78, 5) is 12.5. The maximum atomic E-state index is 12.5. The fraction of sp³-hybridized carbons (Fsp3) is 0.526. The van der Waals surface area contributed by atoms with Crippen molar-refractivity contribution in [1.29, 1.82) is 0 Å². The summed E-state index contributed by atoms with van der Waals surface area (Å²) in [5.41, 5.74) is -1.56. The second-order valence-electron chi connectivity index (χ2n) is 6.60. The molecule has 5 nitrogen and oxygen atoms in total. The lowest BCUT2D eigenvalue weighted by atomic mass is 9.72. The average molecular weight is 332 g/mol. The van der Waals surface area contributed by atoms with E-state index in [2.05, 4.69) is 0 Å². The molecule has 1 aromatic carbocycles. The summed E-state index contributed by atoms with van der Waals surface area (Å²) in [7, 11) is 1.33. The number of epoxide rings is 2. The summed E-state index contributed by atoms with van der Waals surface area (Å²) in [6.07, 6.45) is 0.0943. The van der Waals surface area contributed by atoms with Crippen molar-refractivity contribution in [3.8, 4) is 5.75 Å². The predicted molar refractivity (Wildman–Crippen MR) is 86.9 cm³/mol. The monoisotopic (exact) mass is 332 g/mol. The third-order valence-corrected chi connectivity index (χ3v) is 5.06. The van der Waals surface area contributed by atoms with E-state index in [0.29, 0.717) is 19.6 Å². The Labute approximate surface area is 144 Å². The molecule has 0 radical (unpaired) electrons. The van der Waals surface area contributed by atoms with E-state index >= 15 is 0 Å². The first kappa shape index (κ1) is 13.6. The molecule has 2 saturated heterocycles. The van der Waals surface area contributed by atoms with Gasteiger partial charge >= 0.3 is 0 Å². The fourth-order valence-electron chi connectivity index (χ4n) is 3.66.